The third kappa shape index (κ3) is 2.27. The van der Waals surface area contributed by atoms with E-state index < -0.39 is 10.1 Å². The van der Waals surface area contributed by atoms with Crippen LogP contribution in [-0.4, -0.2) is 20.0 Å². The van der Waals surface area contributed by atoms with Gasteiger partial charge in [-0.1, -0.05) is 13.8 Å². The summed E-state index contributed by atoms with van der Waals surface area (Å²) in [6.07, 6.45) is 1.28. The molecule has 0 amide bonds. The first-order valence-electron chi connectivity index (χ1n) is 5.99. The molecule has 1 aliphatic rings. The topological polar surface area (TPSA) is 65.5 Å². The quantitative estimate of drug-likeness (QED) is 0.815. The van der Waals surface area contributed by atoms with Crippen molar-refractivity contribution in [1.82, 2.24) is 4.98 Å². The molecule has 20 heavy (non-hydrogen) atoms. The summed E-state index contributed by atoms with van der Waals surface area (Å²) in [6.45, 7) is 4.66. The molecule has 1 aromatic carbocycles. The Morgan fingerprint density at radius 2 is 2.20 bits per heavy atom. The fourth-order valence-electron chi connectivity index (χ4n) is 2.05. The lowest BCUT2D eigenvalue weighted by Gasteiger charge is -2.15. The van der Waals surface area contributed by atoms with E-state index in [9.17, 15) is 8.42 Å². The summed E-state index contributed by atoms with van der Waals surface area (Å²) in [5.74, 6) is 1.06. The summed E-state index contributed by atoms with van der Waals surface area (Å²) in [5.41, 5.74) is 2.26. The van der Waals surface area contributed by atoms with Gasteiger partial charge in [0.2, 0.25) is 0 Å². The van der Waals surface area contributed by atoms with Gasteiger partial charge in [-0.15, -0.1) is 11.3 Å². The molecule has 0 saturated carbocycles. The molecule has 0 N–H and O–H groups in total. The molecule has 0 atom stereocenters. The van der Waals surface area contributed by atoms with Crippen LogP contribution in [0.1, 0.15) is 19.4 Å². The van der Waals surface area contributed by atoms with Crippen LogP contribution in [0.25, 0.3) is 0 Å². The van der Waals surface area contributed by atoms with E-state index in [4.69, 9.17) is 8.92 Å². The number of hydrogen-bond donors (Lipinski definition) is 0. The standard InChI is InChI=1S/C13H13NO4S2/c1-13(2)7-17-11-4-3-9(5-10(11)13)18-20(15,16)12-6-14-8-19-12/h3-6,8H,7H2,1-2H3. The van der Waals surface area contributed by atoms with Crippen LogP contribution in [0.3, 0.4) is 0 Å². The van der Waals surface area contributed by atoms with Gasteiger partial charge in [-0.2, -0.15) is 8.42 Å². The molecule has 5 nitrogen and oxygen atoms in total. The summed E-state index contributed by atoms with van der Waals surface area (Å²) in [7, 11) is -3.81. The maximum Gasteiger partial charge on any atom is 0.350 e. The minimum Gasteiger partial charge on any atom is -0.492 e. The second-order valence-corrected chi connectivity index (χ2v) is 7.85. The predicted octanol–water partition coefficient (Wildman–Crippen LogP) is 2.58. The van der Waals surface area contributed by atoms with E-state index in [1.165, 1.54) is 11.7 Å². The van der Waals surface area contributed by atoms with E-state index >= 15 is 0 Å². The summed E-state index contributed by atoms with van der Waals surface area (Å²) >= 11 is 1.03. The maximum absolute atomic E-state index is 12.0. The zero-order valence-electron chi connectivity index (χ0n) is 11.0. The van der Waals surface area contributed by atoms with Crippen molar-refractivity contribution in [1.29, 1.82) is 0 Å². The van der Waals surface area contributed by atoms with Crippen molar-refractivity contribution < 1.29 is 17.3 Å². The van der Waals surface area contributed by atoms with Gasteiger partial charge in [0.1, 0.15) is 11.5 Å². The van der Waals surface area contributed by atoms with E-state index in [0.29, 0.717) is 6.61 Å². The van der Waals surface area contributed by atoms with Crippen LogP contribution in [0.15, 0.2) is 34.1 Å². The molecule has 7 heteroatoms. The number of thiazole rings is 1. The number of rotatable bonds is 3. The molecule has 0 unspecified atom stereocenters. The van der Waals surface area contributed by atoms with E-state index in [2.05, 4.69) is 4.98 Å². The maximum atomic E-state index is 12.0. The first-order chi connectivity index (χ1) is 9.38. The molecular formula is C13H13NO4S2. The van der Waals surface area contributed by atoms with Crippen molar-refractivity contribution in [3.63, 3.8) is 0 Å². The molecule has 0 radical (unpaired) electrons. The minimum atomic E-state index is -3.81. The number of aromatic nitrogens is 1. The molecule has 0 saturated heterocycles. The lowest BCUT2D eigenvalue weighted by atomic mass is 9.87. The van der Waals surface area contributed by atoms with Crippen molar-refractivity contribution in [2.24, 2.45) is 0 Å². The Bertz CT molecular complexity index is 736. The van der Waals surface area contributed by atoms with E-state index in [-0.39, 0.29) is 15.4 Å². The Balaban J connectivity index is 1.94. The van der Waals surface area contributed by atoms with Crippen molar-refractivity contribution in [3.8, 4) is 11.5 Å². The molecular weight excluding hydrogens is 298 g/mol. The first-order valence-corrected chi connectivity index (χ1v) is 8.28. The zero-order chi connectivity index (χ0) is 14.4. The summed E-state index contributed by atoms with van der Waals surface area (Å²) in [4.78, 5) is 3.75. The lowest BCUT2D eigenvalue weighted by molar-refractivity contribution is 0.291. The number of hydrogen-bond acceptors (Lipinski definition) is 6. The molecule has 2 heterocycles. The Morgan fingerprint density at radius 3 is 2.90 bits per heavy atom. The highest BCUT2D eigenvalue weighted by Crippen LogP contribution is 2.40. The number of benzene rings is 1. The highest BCUT2D eigenvalue weighted by molar-refractivity contribution is 7.89. The smallest absolute Gasteiger partial charge is 0.350 e. The summed E-state index contributed by atoms with van der Waals surface area (Å²) in [5, 5.41) is 0. The van der Waals surface area contributed by atoms with Gasteiger partial charge >= 0.3 is 10.1 Å². The Kier molecular flexibility index (Phi) is 2.98. The molecule has 1 aliphatic heterocycles. The van der Waals surface area contributed by atoms with Crippen LogP contribution < -0.4 is 8.92 Å². The lowest BCUT2D eigenvalue weighted by Crippen LogP contribution is -2.18. The van der Waals surface area contributed by atoms with Crippen LogP contribution in [0.5, 0.6) is 11.5 Å². The second kappa shape index (κ2) is 4.46. The van der Waals surface area contributed by atoms with E-state index in [0.717, 1.165) is 22.6 Å². The highest BCUT2D eigenvalue weighted by atomic mass is 32.3. The van der Waals surface area contributed by atoms with Gasteiger partial charge < -0.3 is 8.92 Å². The number of ether oxygens (including phenoxy) is 1. The third-order valence-corrected chi connectivity index (χ3v) is 5.61. The molecule has 0 spiro atoms. The van der Waals surface area contributed by atoms with Crippen LogP contribution in [-0.2, 0) is 15.5 Å². The average molecular weight is 311 g/mol. The number of nitrogens with zero attached hydrogens (tertiary/aromatic N) is 1. The Hall–Kier alpha value is -1.60. The fraction of sp³-hybridized carbons (Fsp3) is 0.308. The van der Waals surface area contributed by atoms with Crippen molar-refractivity contribution >= 4 is 21.5 Å². The fourth-order valence-corrected chi connectivity index (χ4v) is 3.73. The van der Waals surface area contributed by atoms with Crippen molar-refractivity contribution in [3.05, 3.63) is 35.5 Å². The first kappa shape index (κ1) is 13.4. The molecule has 0 fully saturated rings. The van der Waals surface area contributed by atoms with E-state index in [1.54, 1.807) is 18.2 Å². The minimum absolute atomic E-state index is 0.0912. The van der Waals surface area contributed by atoms with Gasteiger partial charge in [-0.05, 0) is 18.2 Å². The summed E-state index contributed by atoms with van der Waals surface area (Å²) < 4.78 is 34.9. The van der Waals surface area contributed by atoms with Gasteiger partial charge in [-0.25, -0.2) is 0 Å². The van der Waals surface area contributed by atoms with Crippen LogP contribution in [0.4, 0.5) is 0 Å². The van der Waals surface area contributed by atoms with Gasteiger partial charge in [0.05, 0.1) is 18.3 Å². The van der Waals surface area contributed by atoms with E-state index in [1.807, 2.05) is 13.8 Å². The Labute approximate surface area is 121 Å². The van der Waals surface area contributed by atoms with Crippen LogP contribution >= 0.6 is 11.3 Å². The summed E-state index contributed by atoms with van der Waals surface area (Å²) in [6, 6.07) is 5.06. The van der Waals surface area contributed by atoms with Crippen molar-refractivity contribution in [2.45, 2.75) is 23.5 Å². The number of fused-ring (bicyclic) bond motifs is 1. The Morgan fingerprint density at radius 1 is 1.40 bits per heavy atom. The van der Waals surface area contributed by atoms with Gasteiger partial charge in [0, 0.05) is 11.0 Å². The van der Waals surface area contributed by atoms with Crippen molar-refractivity contribution in [2.75, 3.05) is 6.61 Å². The normalized spacial score (nSPS) is 16.5. The molecule has 0 bridgehead atoms. The zero-order valence-corrected chi connectivity index (χ0v) is 12.6. The van der Waals surface area contributed by atoms with Crippen LogP contribution in [0, 0.1) is 0 Å². The monoisotopic (exact) mass is 311 g/mol. The molecule has 0 aliphatic carbocycles. The molecule has 2 aromatic rings. The SMILES string of the molecule is CC1(C)COc2ccc(OS(=O)(=O)c3cncs3)cc21. The third-order valence-electron chi connectivity index (χ3n) is 3.13. The predicted molar refractivity (Wildman–Crippen MR) is 74.9 cm³/mol. The largest absolute Gasteiger partial charge is 0.492 e. The van der Waals surface area contributed by atoms with Gasteiger partial charge in [0.25, 0.3) is 0 Å². The highest BCUT2D eigenvalue weighted by Gasteiger charge is 2.32. The van der Waals surface area contributed by atoms with Gasteiger partial charge in [-0.3, -0.25) is 4.98 Å². The average Bonchev–Trinajstić information content (AvgIpc) is 2.99. The van der Waals surface area contributed by atoms with Gasteiger partial charge in [0.15, 0.2) is 4.21 Å². The second-order valence-electron chi connectivity index (χ2n) is 5.19. The molecule has 3 rings (SSSR count). The molecule has 106 valence electrons. The molecule has 1 aromatic heterocycles. The van der Waals surface area contributed by atoms with Crippen LogP contribution in [0.2, 0.25) is 0 Å².